The molecule has 4 heteroatoms. The van der Waals surface area contributed by atoms with Crippen molar-refractivity contribution in [2.75, 3.05) is 25.1 Å². The van der Waals surface area contributed by atoms with Gasteiger partial charge in [0.05, 0.1) is 0 Å². The van der Waals surface area contributed by atoms with Gasteiger partial charge in [0.15, 0.2) is 0 Å². The molecule has 0 aliphatic heterocycles. The van der Waals surface area contributed by atoms with Crippen LogP contribution in [-0.2, 0) is 6.54 Å². The van der Waals surface area contributed by atoms with Crippen molar-refractivity contribution in [3.05, 3.63) is 28.8 Å². The van der Waals surface area contributed by atoms with Gasteiger partial charge in [0.2, 0.25) is 0 Å². The lowest BCUT2D eigenvalue weighted by Crippen LogP contribution is -2.21. The Morgan fingerprint density at radius 3 is 2.71 bits per heavy atom. The Hall–Kier alpha value is -0.770. The van der Waals surface area contributed by atoms with E-state index in [2.05, 4.69) is 4.90 Å². The summed E-state index contributed by atoms with van der Waals surface area (Å²) in [5.74, 6) is 0. The molecule has 0 aliphatic rings. The number of aliphatic hydroxyl groups is 1. The Morgan fingerprint density at radius 2 is 2.06 bits per heavy atom. The van der Waals surface area contributed by atoms with E-state index in [9.17, 15) is 0 Å². The van der Waals surface area contributed by atoms with Gasteiger partial charge in [0, 0.05) is 43.0 Å². The molecule has 3 N–H and O–H groups in total. The van der Waals surface area contributed by atoms with Crippen LogP contribution in [0.25, 0.3) is 0 Å². The molecule has 0 unspecified atom stereocenters. The third kappa shape index (κ3) is 4.19. The predicted molar refractivity (Wildman–Crippen MR) is 73.6 cm³/mol. The van der Waals surface area contributed by atoms with E-state index >= 15 is 0 Å². The number of benzene rings is 1. The molecule has 0 heterocycles. The van der Waals surface area contributed by atoms with Crippen molar-refractivity contribution in [3.63, 3.8) is 0 Å². The second-order valence-electron chi connectivity index (χ2n) is 4.15. The molecule has 0 fully saturated rings. The van der Waals surface area contributed by atoms with Gasteiger partial charge in [-0.3, -0.25) is 0 Å². The van der Waals surface area contributed by atoms with Gasteiger partial charge in [0.25, 0.3) is 0 Å². The fourth-order valence-corrected chi connectivity index (χ4v) is 2.11. The zero-order valence-corrected chi connectivity index (χ0v) is 11.1. The fraction of sp³-hybridized carbons (Fsp3) is 0.538. The number of aliphatic hydroxyl groups excluding tert-OH is 1. The highest BCUT2D eigenvalue weighted by molar-refractivity contribution is 6.31. The standard InChI is InChI=1S/C13H21ClN2O/c1-16(8-3-2-4-9-17)13-7-5-6-12(14)11(13)10-15/h5-7,17H,2-4,8-10,15H2,1H3. The van der Waals surface area contributed by atoms with Crippen LogP contribution in [-0.4, -0.2) is 25.3 Å². The lowest BCUT2D eigenvalue weighted by Gasteiger charge is -2.22. The van der Waals surface area contributed by atoms with Gasteiger partial charge in [-0.25, -0.2) is 0 Å². The van der Waals surface area contributed by atoms with Crippen LogP contribution in [0.15, 0.2) is 18.2 Å². The zero-order chi connectivity index (χ0) is 12.7. The molecule has 0 amide bonds. The minimum Gasteiger partial charge on any atom is -0.396 e. The first-order chi connectivity index (χ1) is 8.20. The van der Waals surface area contributed by atoms with E-state index < -0.39 is 0 Å². The third-order valence-electron chi connectivity index (χ3n) is 2.86. The Labute approximate surface area is 108 Å². The highest BCUT2D eigenvalue weighted by Gasteiger charge is 2.08. The molecule has 0 bridgehead atoms. The van der Waals surface area contributed by atoms with Gasteiger partial charge in [0.1, 0.15) is 0 Å². The van der Waals surface area contributed by atoms with Crippen molar-refractivity contribution >= 4 is 17.3 Å². The lowest BCUT2D eigenvalue weighted by atomic mass is 10.1. The minimum absolute atomic E-state index is 0.273. The summed E-state index contributed by atoms with van der Waals surface area (Å²) in [5.41, 5.74) is 7.82. The zero-order valence-electron chi connectivity index (χ0n) is 10.3. The van der Waals surface area contributed by atoms with Crippen molar-refractivity contribution in [2.24, 2.45) is 5.73 Å². The summed E-state index contributed by atoms with van der Waals surface area (Å²) in [6, 6.07) is 5.86. The maximum absolute atomic E-state index is 8.72. The van der Waals surface area contributed by atoms with E-state index in [1.165, 1.54) is 0 Å². The second kappa shape index (κ2) is 7.54. The summed E-state index contributed by atoms with van der Waals surface area (Å²) in [6.45, 7) is 1.68. The molecular formula is C13H21ClN2O. The molecule has 1 aromatic rings. The van der Waals surface area contributed by atoms with E-state index in [0.29, 0.717) is 6.54 Å². The SMILES string of the molecule is CN(CCCCCO)c1cccc(Cl)c1CN. The molecular weight excluding hydrogens is 236 g/mol. The molecule has 0 saturated carbocycles. The van der Waals surface area contributed by atoms with Gasteiger partial charge in [-0.15, -0.1) is 0 Å². The Balaban J connectivity index is 2.61. The van der Waals surface area contributed by atoms with Gasteiger partial charge in [-0.2, -0.15) is 0 Å². The monoisotopic (exact) mass is 256 g/mol. The highest BCUT2D eigenvalue weighted by Crippen LogP contribution is 2.26. The first-order valence-electron chi connectivity index (χ1n) is 6.00. The molecule has 17 heavy (non-hydrogen) atoms. The van der Waals surface area contributed by atoms with Crippen LogP contribution in [0.1, 0.15) is 24.8 Å². The topological polar surface area (TPSA) is 49.5 Å². The first kappa shape index (κ1) is 14.3. The number of nitrogens with zero attached hydrogens (tertiary/aromatic N) is 1. The summed E-state index contributed by atoms with van der Waals surface area (Å²) in [7, 11) is 2.05. The number of unbranched alkanes of at least 4 members (excludes halogenated alkanes) is 2. The first-order valence-corrected chi connectivity index (χ1v) is 6.38. The Morgan fingerprint density at radius 1 is 1.29 bits per heavy atom. The molecule has 0 atom stereocenters. The Kier molecular flexibility index (Phi) is 6.34. The van der Waals surface area contributed by atoms with Crippen molar-refractivity contribution in [1.82, 2.24) is 0 Å². The van der Waals surface area contributed by atoms with Gasteiger partial charge in [-0.1, -0.05) is 17.7 Å². The van der Waals surface area contributed by atoms with Gasteiger partial charge < -0.3 is 15.7 Å². The van der Waals surface area contributed by atoms with E-state index in [-0.39, 0.29) is 6.61 Å². The number of nitrogens with two attached hydrogens (primary N) is 1. The highest BCUT2D eigenvalue weighted by atomic mass is 35.5. The normalized spacial score (nSPS) is 10.6. The smallest absolute Gasteiger partial charge is 0.0471 e. The number of anilines is 1. The lowest BCUT2D eigenvalue weighted by molar-refractivity contribution is 0.283. The molecule has 0 saturated heterocycles. The van der Waals surface area contributed by atoms with Crippen LogP contribution >= 0.6 is 11.6 Å². The van der Waals surface area contributed by atoms with Crippen molar-refractivity contribution in [2.45, 2.75) is 25.8 Å². The minimum atomic E-state index is 0.273. The largest absolute Gasteiger partial charge is 0.396 e. The summed E-state index contributed by atoms with van der Waals surface area (Å²) in [6.07, 6.45) is 2.97. The second-order valence-corrected chi connectivity index (χ2v) is 4.55. The van der Waals surface area contributed by atoms with Crippen molar-refractivity contribution in [3.8, 4) is 0 Å². The van der Waals surface area contributed by atoms with Gasteiger partial charge in [-0.05, 0) is 31.4 Å². The molecule has 0 radical (unpaired) electrons. The average Bonchev–Trinajstić information content (AvgIpc) is 2.34. The number of rotatable bonds is 7. The third-order valence-corrected chi connectivity index (χ3v) is 3.22. The van der Waals surface area contributed by atoms with Gasteiger partial charge >= 0.3 is 0 Å². The summed E-state index contributed by atoms with van der Waals surface area (Å²) >= 11 is 6.12. The molecule has 3 nitrogen and oxygen atoms in total. The van der Waals surface area contributed by atoms with Crippen LogP contribution < -0.4 is 10.6 Å². The molecule has 0 spiro atoms. The summed E-state index contributed by atoms with van der Waals surface area (Å²) in [4.78, 5) is 2.17. The maximum atomic E-state index is 8.72. The van der Waals surface area contributed by atoms with E-state index in [0.717, 1.165) is 42.1 Å². The van der Waals surface area contributed by atoms with Crippen LogP contribution in [0.5, 0.6) is 0 Å². The summed E-state index contributed by atoms with van der Waals surface area (Å²) in [5, 5.41) is 9.45. The molecule has 0 aromatic heterocycles. The number of halogens is 1. The quantitative estimate of drug-likeness (QED) is 0.737. The van der Waals surface area contributed by atoms with E-state index in [4.69, 9.17) is 22.4 Å². The predicted octanol–water partition coefficient (Wildman–Crippen LogP) is 2.40. The number of hydrogen-bond acceptors (Lipinski definition) is 3. The van der Waals surface area contributed by atoms with E-state index in [1.807, 2.05) is 25.2 Å². The van der Waals surface area contributed by atoms with Crippen molar-refractivity contribution < 1.29 is 5.11 Å². The molecule has 1 rings (SSSR count). The maximum Gasteiger partial charge on any atom is 0.0471 e. The number of hydrogen-bond donors (Lipinski definition) is 2. The van der Waals surface area contributed by atoms with Crippen LogP contribution in [0, 0.1) is 0 Å². The molecule has 1 aromatic carbocycles. The van der Waals surface area contributed by atoms with Crippen LogP contribution in [0.4, 0.5) is 5.69 Å². The Bertz CT molecular complexity index is 344. The van der Waals surface area contributed by atoms with E-state index in [1.54, 1.807) is 0 Å². The summed E-state index contributed by atoms with van der Waals surface area (Å²) < 4.78 is 0. The van der Waals surface area contributed by atoms with Crippen molar-refractivity contribution in [1.29, 1.82) is 0 Å². The van der Waals surface area contributed by atoms with Crippen LogP contribution in [0.3, 0.4) is 0 Å². The fourth-order valence-electron chi connectivity index (χ4n) is 1.86. The molecule has 96 valence electrons. The van der Waals surface area contributed by atoms with Crippen LogP contribution in [0.2, 0.25) is 5.02 Å². The average molecular weight is 257 g/mol. The molecule has 0 aliphatic carbocycles.